The molecular formula is C18H15Cl2F2NO. The minimum atomic E-state index is -0.455. The zero-order chi connectivity index (χ0) is 16.2. The summed E-state index contributed by atoms with van der Waals surface area (Å²) in [6.07, 6.45) is 0. The number of rotatable bonds is 5. The van der Waals surface area contributed by atoms with Crippen molar-refractivity contribution in [3.63, 3.8) is 0 Å². The van der Waals surface area contributed by atoms with Crippen molar-refractivity contribution in [1.29, 1.82) is 0 Å². The monoisotopic (exact) mass is 369 g/mol. The summed E-state index contributed by atoms with van der Waals surface area (Å²) in [6.45, 7) is 1.14. The Hall–Kier alpha value is -1.88. The minimum absolute atomic E-state index is 0. The minimum Gasteiger partial charge on any atom is -0.460 e. The molecule has 2 aromatic carbocycles. The molecule has 0 saturated carbocycles. The average molecular weight is 370 g/mol. The standard InChI is InChI=1S/C18H14ClF2NO.ClH/c19-16-9-13(3-7-17(16)21)18-8-6-15(23-18)11-22-10-12-1-4-14(20)5-2-12;/h1-9,22H,10-11H2;1H. The predicted octanol–water partition coefficient (Wildman–Crippen LogP) is 5.59. The molecule has 0 aliphatic rings. The van der Waals surface area contributed by atoms with Gasteiger partial charge in [0.1, 0.15) is 23.2 Å². The van der Waals surface area contributed by atoms with E-state index in [1.165, 1.54) is 24.3 Å². The molecular weight excluding hydrogens is 355 g/mol. The summed E-state index contributed by atoms with van der Waals surface area (Å²) >= 11 is 5.78. The molecule has 6 heteroatoms. The molecule has 24 heavy (non-hydrogen) atoms. The number of hydrogen-bond acceptors (Lipinski definition) is 2. The lowest BCUT2D eigenvalue weighted by atomic mass is 10.2. The van der Waals surface area contributed by atoms with Crippen LogP contribution in [0.1, 0.15) is 11.3 Å². The van der Waals surface area contributed by atoms with Crippen molar-refractivity contribution in [3.05, 3.63) is 82.6 Å². The molecule has 3 rings (SSSR count). The van der Waals surface area contributed by atoms with Crippen LogP contribution < -0.4 is 5.32 Å². The number of nitrogens with one attached hydrogen (secondary N) is 1. The molecule has 1 heterocycles. The van der Waals surface area contributed by atoms with Crippen molar-refractivity contribution in [3.8, 4) is 11.3 Å². The summed E-state index contributed by atoms with van der Waals surface area (Å²) < 4.78 is 31.7. The molecule has 126 valence electrons. The lowest BCUT2D eigenvalue weighted by molar-refractivity contribution is 0.493. The third-order valence-electron chi connectivity index (χ3n) is 3.41. The van der Waals surface area contributed by atoms with Crippen LogP contribution in [0.4, 0.5) is 8.78 Å². The van der Waals surface area contributed by atoms with Gasteiger partial charge in [0.25, 0.3) is 0 Å². The fourth-order valence-electron chi connectivity index (χ4n) is 2.21. The fraction of sp³-hybridized carbons (Fsp3) is 0.111. The van der Waals surface area contributed by atoms with Gasteiger partial charge in [0.15, 0.2) is 0 Å². The maximum atomic E-state index is 13.2. The van der Waals surface area contributed by atoms with Gasteiger partial charge in [-0.05, 0) is 48.0 Å². The van der Waals surface area contributed by atoms with Crippen molar-refractivity contribution in [2.24, 2.45) is 0 Å². The van der Waals surface area contributed by atoms with Crippen LogP contribution in [0.25, 0.3) is 11.3 Å². The molecule has 0 amide bonds. The van der Waals surface area contributed by atoms with Gasteiger partial charge in [-0.15, -0.1) is 12.4 Å². The zero-order valence-corrected chi connectivity index (χ0v) is 14.1. The van der Waals surface area contributed by atoms with E-state index in [4.69, 9.17) is 16.0 Å². The molecule has 0 radical (unpaired) electrons. The second-order valence-electron chi connectivity index (χ2n) is 5.12. The molecule has 1 aromatic heterocycles. The van der Waals surface area contributed by atoms with Crippen LogP contribution in [-0.4, -0.2) is 0 Å². The van der Waals surface area contributed by atoms with E-state index in [0.29, 0.717) is 18.8 Å². The normalized spacial score (nSPS) is 10.5. The van der Waals surface area contributed by atoms with Gasteiger partial charge < -0.3 is 9.73 Å². The number of halogens is 4. The lowest BCUT2D eigenvalue weighted by Gasteiger charge is -2.03. The summed E-state index contributed by atoms with van der Waals surface area (Å²) in [4.78, 5) is 0. The Kier molecular flexibility index (Phi) is 6.37. The summed E-state index contributed by atoms with van der Waals surface area (Å²) in [5.74, 6) is 0.679. The zero-order valence-electron chi connectivity index (χ0n) is 12.6. The fourth-order valence-corrected chi connectivity index (χ4v) is 2.39. The first-order chi connectivity index (χ1) is 11.1. The van der Waals surface area contributed by atoms with Crippen molar-refractivity contribution in [2.45, 2.75) is 13.1 Å². The molecule has 3 aromatic rings. The van der Waals surface area contributed by atoms with E-state index in [9.17, 15) is 8.78 Å². The highest BCUT2D eigenvalue weighted by Crippen LogP contribution is 2.26. The van der Waals surface area contributed by atoms with E-state index in [2.05, 4.69) is 5.32 Å². The Morgan fingerprint density at radius 2 is 1.67 bits per heavy atom. The third-order valence-corrected chi connectivity index (χ3v) is 3.70. The van der Waals surface area contributed by atoms with Crippen LogP contribution in [0.3, 0.4) is 0 Å². The van der Waals surface area contributed by atoms with Gasteiger partial charge in [-0.3, -0.25) is 0 Å². The average Bonchev–Trinajstić information content (AvgIpc) is 3.01. The van der Waals surface area contributed by atoms with Gasteiger partial charge >= 0.3 is 0 Å². The number of benzene rings is 2. The first kappa shape index (κ1) is 18.5. The summed E-state index contributed by atoms with van der Waals surface area (Å²) in [7, 11) is 0. The van der Waals surface area contributed by atoms with Gasteiger partial charge in [-0.25, -0.2) is 8.78 Å². The molecule has 0 spiro atoms. The Morgan fingerprint density at radius 3 is 2.38 bits per heavy atom. The van der Waals surface area contributed by atoms with E-state index in [1.807, 2.05) is 12.1 Å². The SMILES string of the molecule is Cl.Fc1ccc(CNCc2ccc(-c3ccc(F)c(Cl)c3)o2)cc1. The molecule has 0 aliphatic carbocycles. The molecule has 0 atom stereocenters. The Balaban J connectivity index is 0.00000208. The Morgan fingerprint density at radius 1 is 0.917 bits per heavy atom. The highest BCUT2D eigenvalue weighted by molar-refractivity contribution is 6.31. The second kappa shape index (κ2) is 8.29. The van der Waals surface area contributed by atoms with Crippen LogP contribution >= 0.6 is 24.0 Å². The topological polar surface area (TPSA) is 25.2 Å². The highest BCUT2D eigenvalue weighted by Gasteiger charge is 2.07. The summed E-state index contributed by atoms with van der Waals surface area (Å²) in [5, 5.41) is 3.29. The van der Waals surface area contributed by atoms with Crippen molar-refractivity contribution >= 4 is 24.0 Å². The largest absolute Gasteiger partial charge is 0.460 e. The molecule has 0 fully saturated rings. The van der Waals surface area contributed by atoms with E-state index in [-0.39, 0.29) is 23.2 Å². The quantitative estimate of drug-likeness (QED) is 0.633. The molecule has 0 unspecified atom stereocenters. The highest BCUT2D eigenvalue weighted by atomic mass is 35.5. The second-order valence-corrected chi connectivity index (χ2v) is 5.53. The Labute approximate surface area is 149 Å². The van der Waals surface area contributed by atoms with Crippen molar-refractivity contribution < 1.29 is 13.2 Å². The predicted molar refractivity (Wildman–Crippen MR) is 93.3 cm³/mol. The lowest BCUT2D eigenvalue weighted by Crippen LogP contribution is -2.11. The van der Waals surface area contributed by atoms with Crippen LogP contribution in [0.2, 0.25) is 5.02 Å². The van der Waals surface area contributed by atoms with Gasteiger partial charge in [0.2, 0.25) is 0 Å². The summed E-state index contributed by atoms with van der Waals surface area (Å²) in [5.41, 5.74) is 1.71. The van der Waals surface area contributed by atoms with Gasteiger partial charge in [0.05, 0.1) is 11.6 Å². The number of hydrogen-bond donors (Lipinski definition) is 1. The first-order valence-electron chi connectivity index (χ1n) is 7.11. The smallest absolute Gasteiger partial charge is 0.141 e. The first-order valence-corrected chi connectivity index (χ1v) is 7.49. The van der Waals surface area contributed by atoms with E-state index < -0.39 is 5.82 Å². The molecule has 2 nitrogen and oxygen atoms in total. The maximum Gasteiger partial charge on any atom is 0.141 e. The summed E-state index contributed by atoms with van der Waals surface area (Å²) in [6, 6.07) is 14.5. The third kappa shape index (κ3) is 4.57. The van der Waals surface area contributed by atoms with Crippen LogP contribution in [0, 0.1) is 11.6 Å². The van der Waals surface area contributed by atoms with Gasteiger partial charge in [-0.2, -0.15) is 0 Å². The van der Waals surface area contributed by atoms with E-state index in [0.717, 1.165) is 16.9 Å². The Bertz CT molecular complexity index is 803. The molecule has 1 N–H and O–H groups in total. The van der Waals surface area contributed by atoms with Gasteiger partial charge in [-0.1, -0.05) is 23.7 Å². The van der Waals surface area contributed by atoms with E-state index in [1.54, 1.807) is 18.2 Å². The molecule has 0 bridgehead atoms. The maximum absolute atomic E-state index is 13.2. The van der Waals surface area contributed by atoms with Gasteiger partial charge in [0, 0.05) is 12.1 Å². The van der Waals surface area contributed by atoms with E-state index >= 15 is 0 Å². The van der Waals surface area contributed by atoms with Crippen molar-refractivity contribution in [1.82, 2.24) is 5.32 Å². The molecule has 0 aliphatic heterocycles. The number of furan rings is 1. The van der Waals surface area contributed by atoms with Crippen LogP contribution in [0.5, 0.6) is 0 Å². The van der Waals surface area contributed by atoms with Crippen LogP contribution in [0.15, 0.2) is 59.0 Å². The van der Waals surface area contributed by atoms with Crippen LogP contribution in [-0.2, 0) is 13.1 Å². The molecule has 0 saturated heterocycles. The van der Waals surface area contributed by atoms with Crippen molar-refractivity contribution in [2.75, 3.05) is 0 Å².